The summed E-state index contributed by atoms with van der Waals surface area (Å²) in [6, 6.07) is -2.36. The van der Waals surface area contributed by atoms with E-state index in [0.29, 0.717) is 0 Å². The fourth-order valence-corrected chi connectivity index (χ4v) is 1.28. The van der Waals surface area contributed by atoms with E-state index in [9.17, 15) is 9.59 Å². The van der Waals surface area contributed by atoms with E-state index in [2.05, 4.69) is 0 Å². The van der Waals surface area contributed by atoms with Gasteiger partial charge in [-0.2, -0.15) is 0 Å². The monoisotopic (exact) mass is 308 g/mol. The molecule has 1 unspecified atom stereocenters. The Balaban J connectivity index is 3.51. The van der Waals surface area contributed by atoms with Crippen LogP contribution in [0.2, 0.25) is 0 Å². The number of rotatable bonds is 4. The van der Waals surface area contributed by atoms with Crippen LogP contribution < -0.4 is 5.32 Å². The van der Waals surface area contributed by atoms with Gasteiger partial charge in [0, 0.05) is 12.3 Å². The topological polar surface area (TPSA) is 64.6 Å². The van der Waals surface area contributed by atoms with Gasteiger partial charge in [0.1, 0.15) is 17.2 Å². The number of alkyl carbamates (subject to hydrolysis) is 1. The van der Waals surface area contributed by atoms with Gasteiger partial charge in [0.2, 0.25) is 0 Å². The van der Waals surface area contributed by atoms with Gasteiger partial charge in [-0.1, -0.05) is 19.1 Å². The number of esters is 1. The van der Waals surface area contributed by atoms with E-state index in [4.69, 9.17) is 21.8 Å². The molecule has 1 saturated carbocycles. The van der Waals surface area contributed by atoms with Gasteiger partial charge in [-0.3, -0.25) is 0 Å². The zero-order valence-corrected chi connectivity index (χ0v) is 13.2. The molecule has 122 valence electrons. The standard InChI is InChI=1S/C16H29NO4/c1-15(2,3)20-13(18)12(10-11-8-7-9-11)17-14(19)21-16(4,5)6/h11-12H,7-10H2,1-6H3,(H,17,19)/i7D2,8D2,9D2,10D2,11D. The lowest BCUT2D eigenvalue weighted by Gasteiger charge is -2.31. The van der Waals surface area contributed by atoms with Gasteiger partial charge in [0.05, 0.1) is 0 Å². The summed E-state index contributed by atoms with van der Waals surface area (Å²) < 4.78 is 82.1. The second-order valence-electron chi connectivity index (χ2n) is 6.51. The molecule has 1 fully saturated rings. The lowest BCUT2D eigenvalue weighted by molar-refractivity contribution is -0.158. The Bertz CT molecular complexity index is 692. The minimum absolute atomic E-state index is 1.04. The van der Waals surface area contributed by atoms with Gasteiger partial charge in [-0.25, -0.2) is 9.59 Å². The van der Waals surface area contributed by atoms with Crippen molar-refractivity contribution >= 4 is 12.1 Å². The van der Waals surface area contributed by atoms with Crippen LogP contribution in [0.1, 0.15) is 79.4 Å². The molecule has 0 spiro atoms. The van der Waals surface area contributed by atoms with Crippen LogP contribution in [0.3, 0.4) is 0 Å². The van der Waals surface area contributed by atoms with Crippen LogP contribution in [-0.2, 0) is 14.3 Å². The fourth-order valence-electron chi connectivity index (χ4n) is 1.28. The fraction of sp³-hybridized carbons (Fsp3) is 0.875. The van der Waals surface area contributed by atoms with Gasteiger partial charge in [0.15, 0.2) is 0 Å². The van der Waals surface area contributed by atoms with Gasteiger partial charge in [-0.15, -0.1) is 0 Å². The van der Waals surface area contributed by atoms with E-state index in [1.165, 1.54) is 41.5 Å². The predicted molar refractivity (Wildman–Crippen MR) is 81.0 cm³/mol. The Hall–Kier alpha value is -1.26. The summed E-state index contributed by atoms with van der Waals surface area (Å²) in [7, 11) is 0. The Morgan fingerprint density at radius 2 is 1.76 bits per heavy atom. The first-order chi connectivity index (χ1) is 12.9. The molecule has 0 bridgehead atoms. The quantitative estimate of drug-likeness (QED) is 0.808. The molecule has 5 nitrogen and oxygen atoms in total. The van der Waals surface area contributed by atoms with E-state index in [-0.39, 0.29) is 0 Å². The van der Waals surface area contributed by atoms with Crippen molar-refractivity contribution in [2.45, 2.75) is 84.3 Å². The molecule has 1 rings (SSSR count). The number of carbonyl (C=O) groups excluding carboxylic acids is 2. The largest absolute Gasteiger partial charge is 0.458 e. The maximum Gasteiger partial charge on any atom is 0.408 e. The van der Waals surface area contributed by atoms with Crippen LogP contribution in [0, 0.1) is 5.89 Å². The lowest BCUT2D eigenvalue weighted by Crippen LogP contribution is -2.47. The van der Waals surface area contributed by atoms with Crippen LogP contribution in [0.25, 0.3) is 0 Å². The van der Waals surface area contributed by atoms with Crippen molar-refractivity contribution in [3.63, 3.8) is 0 Å². The number of amides is 1. The van der Waals surface area contributed by atoms with Gasteiger partial charge < -0.3 is 14.8 Å². The zero-order chi connectivity index (χ0) is 24.4. The molecule has 5 heteroatoms. The molecule has 0 aliphatic heterocycles. The molecule has 0 aromatic carbocycles. The summed E-state index contributed by atoms with van der Waals surface area (Å²) >= 11 is 0. The number of nitrogens with one attached hydrogen (secondary N) is 1. The van der Waals surface area contributed by atoms with Crippen molar-refractivity contribution < 1.29 is 31.4 Å². The summed E-state index contributed by atoms with van der Waals surface area (Å²) in [6.07, 6.45) is -14.6. The Kier molecular flexibility index (Phi) is 2.66. The summed E-state index contributed by atoms with van der Waals surface area (Å²) in [6.45, 7) is 8.90. The molecular weight excluding hydrogens is 270 g/mol. The van der Waals surface area contributed by atoms with Gasteiger partial charge in [-0.05, 0) is 53.8 Å². The average molecular weight is 308 g/mol. The lowest BCUT2D eigenvalue weighted by atomic mass is 9.81. The third-order valence-electron chi connectivity index (χ3n) is 1.97. The van der Waals surface area contributed by atoms with Crippen LogP contribution in [0.4, 0.5) is 4.79 Å². The van der Waals surface area contributed by atoms with Crippen molar-refractivity contribution in [3.8, 4) is 0 Å². The number of hydrogen-bond donors (Lipinski definition) is 1. The molecule has 0 saturated heterocycles. The molecule has 1 aliphatic carbocycles. The van der Waals surface area contributed by atoms with Crippen LogP contribution in [-0.4, -0.2) is 29.3 Å². The molecule has 0 radical (unpaired) electrons. The van der Waals surface area contributed by atoms with Gasteiger partial charge in [0.25, 0.3) is 0 Å². The number of hydrogen-bond acceptors (Lipinski definition) is 4. The highest BCUT2D eigenvalue weighted by molar-refractivity contribution is 5.81. The molecule has 0 heterocycles. The highest BCUT2D eigenvalue weighted by atomic mass is 16.6. The number of ether oxygens (including phenoxy) is 2. The van der Waals surface area contributed by atoms with Crippen LogP contribution >= 0.6 is 0 Å². The molecule has 0 aromatic rings. The average Bonchev–Trinajstić information content (AvgIpc) is 2.46. The maximum absolute atomic E-state index is 12.7. The minimum Gasteiger partial charge on any atom is -0.458 e. The predicted octanol–water partition coefficient (Wildman–Crippen LogP) is 3.41. The first-order valence-electron chi connectivity index (χ1n) is 11.1. The van der Waals surface area contributed by atoms with E-state index < -0.39 is 60.7 Å². The van der Waals surface area contributed by atoms with Crippen molar-refractivity contribution in [2.24, 2.45) is 5.89 Å². The van der Waals surface area contributed by atoms with Gasteiger partial charge >= 0.3 is 12.1 Å². The summed E-state index contributed by atoms with van der Waals surface area (Å²) in [4.78, 5) is 25.0. The molecule has 1 N–H and O–H groups in total. The summed E-state index contributed by atoms with van der Waals surface area (Å²) in [5.74, 6) is -4.79. The Morgan fingerprint density at radius 3 is 2.24 bits per heavy atom. The second kappa shape index (κ2) is 6.67. The van der Waals surface area contributed by atoms with Crippen LogP contribution in [0.15, 0.2) is 0 Å². The molecular formula is C16H29NO4. The van der Waals surface area contributed by atoms with E-state index in [1.54, 1.807) is 0 Å². The molecule has 0 aromatic heterocycles. The molecule has 1 amide bonds. The minimum atomic E-state index is -3.44. The SMILES string of the molecule is [2H]C([2H])(C(NC(=O)OC(C)(C)C)C(=O)OC(C)(C)C)C1([2H])C([2H])([2H])C([2H])([2H])C1([2H])[2H]. The Labute approximate surface area is 140 Å². The normalized spacial score (nSPS) is 33.3. The third-order valence-corrected chi connectivity index (χ3v) is 1.97. The highest BCUT2D eigenvalue weighted by Crippen LogP contribution is 2.31. The zero-order valence-electron chi connectivity index (χ0n) is 22.2. The molecule has 21 heavy (non-hydrogen) atoms. The first kappa shape index (κ1) is 8.39. The smallest absolute Gasteiger partial charge is 0.408 e. The third kappa shape index (κ3) is 7.34. The Morgan fingerprint density at radius 1 is 1.24 bits per heavy atom. The van der Waals surface area contributed by atoms with Crippen molar-refractivity contribution in [1.29, 1.82) is 0 Å². The van der Waals surface area contributed by atoms with E-state index >= 15 is 0 Å². The maximum atomic E-state index is 12.7. The van der Waals surface area contributed by atoms with Crippen LogP contribution in [0.5, 0.6) is 0 Å². The van der Waals surface area contributed by atoms with E-state index in [0.717, 1.165) is 0 Å². The molecule has 1 atom stereocenters. The first-order valence-corrected chi connectivity index (χ1v) is 6.59. The second-order valence-corrected chi connectivity index (χ2v) is 6.51. The van der Waals surface area contributed by atoms with Crippen molar-refractivity contribution in [1.82, 2.24) is 5.32 Å². The highest BCUT2D eigenvalue weighted by Gasteiger charge is 2.32. The molecule has 1 aliphatic rings. The number of carbonyl (C=O) groups is 2. The summed E-state index contributed by atoms with van der Waals surface area (Å²) in [5, 5.41) is 1.93. The van der Waals surface area contributed by atoms with E-state index in [1.807, 2.05) is 5.32 Å². The van der Waals surface area contributed by atoms with Crippen molar-refractivity contribution in [3.05, 3.63) is 0 Å². The van der Waals surface area contributed by atoms with Crippen molar-refractivity contribution in [2.75, 3.05) is 0 Å². The summed E-state index contributed by atoms with van der Waals surface area (Å²) in [5.41, 5.74) is -2.19.